The predicted molar refractivity (Wildman–Crippen MR) is 76.2 cm³/mol. The fraction of sp³-hybridized carbons (Fsp3) is 0.300. The van der Waals surface area contributed by atoms with Crippen molar-refractivity contribution in [3.05, 3.63) is 32.4 Å². The van der Waals surface area contributed by atoms with E-state index in [0.29, 0.717) is 10.6 Å². The number of hydrogen-bond acceptors (Lipinski definition) is 3. The van der Waals surface area contributed by atoms with E-state index in [4.69, 9.17) is 11.6 Å². The third kappa shape index (κ3) is 5.22. The van der Waals surface area contributed by atoms with Crippen LogP contribution in [-0.2, 0) is 9.84 Å². The van der Waals surface area contributed by atoms with Gasteiger partial charge in [0.25, 0.3) is 5.91 Å². The highest BCUT2D eigenvalue weighted by Gasteiger charge is 2.08. The molecule has 0 saturated carbocycles. The summed E-state index contributed by atoms with van der Waals surface area (Å²) in [6.07, 6.45) is 1.13. The summed E-state index contributed by atoms with van der Waals surface area (Å²) in [5, 5.41) is 3.02. The largest absolute Gasteiger partial charge is 0.351 e. The highest BCUT2D eigenvalue weighted by molar-refractivity contribution is 14.1. The van der Waals surface area contributed by atoms with Crippen molar-refractivity contribution in [1.82, 2.24) is 5.32 Å². The third-order valence-electron chi connectivity index (χ3n) is 1.94. The van der Waals surface area contributed by atoms with Crippen LogP contribution in [0.1, 0.15) is 10.4 Å². The lowest BCUT2D eigenvalue weighted by atomic mass is 10.2. The van der Waals surface area contributed by atoms with Gasteiger partial charge in [-0.2, -0.15) is 0 Å². The Hall–Kier alpha value is -0.340. The average molecular weight is 388 g/mol. The van der Waals surface area contributed by atoms with Gasteiger partial charge in [-0.15, -0.1) is 0 Å². The Morgan fingerprint density at radius 3 is 2.65 bits per heavy atom. The van der Waals surface area contributed by atoms with Gasteiger partial charge < -0.3 is 5.32 Å². The number of hydrogen-bond donors (Lipinski definition) is 1. The summed E-state index contributed by atoms with van der Waals surface area (Å²) in [4.78, 5) is 11.6. The van der Waals surface area contributed by atoms with E-state index >= 15 is 0 Å². The van der Waals surface area contributed by atoms with Gasteiger partial charge in [0.2, 0.25) is 0 Å². The molecule has 0 unspecified atom stereocenters. The minimum Gasteiger partial charge on any atom is -0.351 e. The van der Waals surface area contributed by atoms with Gasteiger partial charge >= 0.3 is 0 Å². The van der Waals surface area contributed by atoms with Crippen LogP contribution in [0.25, 0.3) is 0 Å². The van der Waals surface area contributed by atoms with Crippen molar-refractivity contribution >= 4 is 49.9 Å². The number of carbonyl (C=O) groups is 1. The summed E-state index contributed by atoms with van der Waals surface area (Å²) < 4.78 is 22.6. The minimum atomic E-state index is -3.06. The van der Waals surface area contributed by atoms with E-state index in [2.05, 4.69) is 27.9 Å². The third-order valence-corrected chi connectivity index (χ3v) is 4.46. The highest BCUT2D eigenvalue weighted by Crippen LogP contribution is 2.19. The zero-order valence-electron chi connectivity index (χ0n) is 9.04. The minimum absolute atomic E-state index is 0.0726. The molecule has 1 N–H and O–H groups in total. The second-order valence-electron chi connectivity index (χ2n) is 3.51. The van der Waals surface area contributed by atoms with Crippen LogP contribution in [0.15, 0.2) is 18.2 Å². The van der Waals surface area contributed by atoms with Crippen molar-refractivity contribution in [2.24, 2.45) is 0 Å². The van der Waals surface area contributed by atoms with Crippen molar-refractivity contribution < 1.29 is 13.2 Å². The Labute approximate surface area is 119 Å². The second kappa shape index (κ2) is 6.01. The molecule has 1 amide bonds. The summed E-state index contributed by atoms with van der Waals surface area (Å²) in [6.45, 7) is 0.0985. The van der Waals surface area contributed by atoms with Crippen LogP contribution in [0.3, 0.4) is 0 Å². The lowest BCUT2D eigenvalue weighted by Gasteiger charge is -2.05. The summed E-state index contributed by atoms with van der Waals surface area (Å²) in [5.74, 6) is -0.399. The molecule has 0 saturated heterocycles. The zero-order valence-corrected chi connectivity index (χ0v) is 12.8. The number of benzene rings is 1. The van der Waals surface area contributed by atoms with E-state index in [-0.39, 0.29) is 18.2 Å². The summed E-state index contributed by atoms with van der Waals surface area (Å²) in [5.41, 5.74) is 0.420. The maximum Gasteiger partial charge on any atom is 0.251 e. The van der Waals surface area contributed by atoms with E-state index in [0.717, 1.165) is 9.83 Å². The van der Waals surface area contributed by atoms with Crippen molar-refractivity contribution in [2.75, 3.05) is 18.6 Å². The fourth-order valence-corrected chi connectivity index (χ4v) is 2.08. The van der Waals surface area contributed by atoms with Crippen LogP contribution in [0.5, 0.6) is 0 Å². The summed E-state index contributed by atoms with van der Waals surface area (Å²) in [7, 11) is -3.06. The molecule has 0 aliphatic heterocycles. The molecule has 0 heterocycles. The molecule has 94 valence electrons. The normalized spacial score (nSPS) is 11.2. The molecule has 0 aromatic heterocycles. The molecule has 17 heavy (non-hydrogen) atoms. The first-order chi connectivity index (χ1) is 7.79. The molecule has 0 bridgehead atoms. The molecular weight excluding hydrogens is 377 g/mol. The van der Waals surface area contributed by atoms with Crippen LogP contribution >= 0.6 is 34.2 Å². The van der Waals surface area contributed by atoms with Gasteiger partial charge in [0.15, 0.2) is 0 Å². The molecule has 1 aromatic carbocycles. The molecule has 0 spiro atoms. The zero-order chi connectivity index (χ0) is 13.1. The van der Waals surface area contributed by atoms with Crippen LogP contribution < -0.4 is 5.32 Å². The number of carbonyl (C=O) groups excluding carboxylic acids is 1. The molecule has 0 aliphatic rings. The van der Waals surface area contributed by atoms with Crippen molar-refractivity contribution in [2.45, 2.75) is 0 Å². The standard InChI is InChI=1S/C10H11ClINO3S/c1-17(15,16)5-4-13-10(14)7-2-3-9(12)8(11)6-7/h2-3,6H,4-5H2,1H3,(H,13,14). The average Bonchev–Trinajstić information content (AvgIpc) is 2.20. The summed E-state index contributed by atoms with van der Waals surface area (Å²) >= 11 is 7.94. The molecule has 1 rings (SSSR count). The molecule has 0 fully saturated rings. The Bertz CT molecular complexity index is 530. The molecule has 7 heteroatoms. The van der Waals surface area contributed by atoms with Gasteiger partial charge in [-0.1, -0.05) is 11.6 Å². The number of rotatable bonds is 4. The van der Waals surface area contributed by atoms with Crippen LogP contribution in [0.2, 0.25) is 5.02 Å². The monoisotopic (exact) mass is 387 g/mol. The molecule has 1 aromatic rings. The molecule has 0 aliphatic carbocycles. The van der Waals surface area contributed by atoms with Crippen molar-refractivity contribution in [3.8, 4) is 0 Å². The van der Waals surface area contributed by atoms with Gasteiger partial charge in [-0.3, -0.25) is 4.79 Å². The van der Waals surface area contributed by atoms with Gasteiger partial charge in [0, 0.05) is 21.9 Å². The van der Waals surface area contributed by atoms with E-state index in [1.54, 1.807) is 18.2 Å². The van der Waals surface area contributed by atoms with E-state index in [1.807, 2.05) is 0 Å². The van der Waals surface area contributed by atoms with E-state index in [1.165, 1.54) is 0 Å². The first-order valence-corrected chi connectivity index (χ1v) is 8.22. The first-order valence-electron chi connectivity index (χ1n) is 4.70. The summed E-state index contributed by atoms with van der Waals surface area (Å²) in [6, 6.07) is 4.93. The quantitative estimate of drug-likeness (QED) is 0.800. The number of nitrogens with one attached hydrogen (secondary N) is 1. The van der Waals surface area contributed by atoms with Crippen molar-refractivity contribution in [3.63, 3.8) is 0 Å². The smallest absolute Gasteiger partial charge is 0.251 e. The number of amides is 1. The first kappa shape index (κ1) is 14.7. The molecule has 0 radical (unpaired) electrons. The van der Waals surface area contributed by atoms with Gasteiger partial charge in [0.1, 0.15) is 9.84 Å². The number of halogens is 2. The van der Waals surface area contributed by atoms with E-state index in [9.17, 15) is 13.2 Å². The Balaban J connectivity index is 2.61. The van der Waals surface area contributed by atoms with Gasteiger partial charge in [-0.05, 0) is 40.8 Å². The maximum atomic E-state index is 11.6. The predicted octanol–water partition coefficient (Wildman–Crippen LogP) is 1.72. The lowest BCUT2D eigenvalue weighted by Crippen LogP contribution is -2.28. The highest BCUT2D eigenvalue weighted by atomic mass is 127. The molecule has 4 nitrogen and oxygen atoms in total. The maximum absolute atomic E-state index is 11.6. The Kier molecular flexibility index (Phi) is 5.21. The molecular formula is C10H11ClINO3S. The second-order valence-corrected chi connectivity index (χ2v) is 7.34. The number of sulfone groups is 1. The topological polar surface area (TPSA) is 63.2 Å². The fourth-order valence-electron chi connectivity index (χ4n) is 1.09. The Morgan fingerprint density at radius 2 is 2.12 bits per heavy atom. The van der Waals surface area contributed by atoms with Gasteiger partial charge in [0.05, 0.1) is 10.8 Å². The molecule has 0 atom stereocenters. The Morgan fingerprint density at radius 1 is 1.47 bits per heavy atom. The van der Waals surface area contributed by atoms with Crippen LogP contribution in [0, 0.1) is 3.57 Å². The SMILES string of the molecule is CS(=O)(=O)CCNC(=O)c1ccc(I)c(Cl)c1. The van der Waals surface area contributed by atoms with Crippen LogP contribution in [0.4, 0.5) is 0 Å². The van der Waals surface area contributed by atoms with Crippen LogP contribution in [-0.4, -0.2) is 32.9 Å². The van der Waals surface area contributed by atoms with Crippen molar-refractivity contribution in [1.29, 1.82) is 0 Å². The lowest BCUT2D eigenvalue weighted by molar-refractivity contribution is 0.0956. The van der Waals surface area contributed by atoms with E-state index < -0.39 is 9.84 Å². The van der Waals surface area contributed by atoms with Gasteiger partial charge in [-0.25, -0.2) is 8.42 Å².